The predicted octanol–water partition coefficient (Wildman–Crippen LogP) is 8.64. The van der Waals surface area contributed by atoms with Gasteiger partial charge < -0.3 is 14.6 Å². The lowest BCUT2D eigenvalue weighted by Gasteiger charge is -2.71. The Bertz CT molecular complexity index is 1390. The number of hydrogen-bond donors (Lipinski definition) is 1. The fraction of sp³-hybridized carbons (Fsp3) is 0.718. The third-order valence-corrected chi connectivity index (χ3v) is 14.4. The number of esters is 2. The SMILES string of the molecule is CC(=O)OC1CC[C@@]2(C)C(CC[C@]3(C)C2CC=C2C4CC(C)(C)CC[C@]4(C(=O)O)CC[C@]23COC(=O)c2ccccc2)C1(C)C. The summed E-state index contributed by atoms with van der Waals surface area (Å²) in [6, 6.07) is 9.23. The van der Waals surface area contributed by atoms with E-state index in [2.05, 4.69) is 47.6 Å². The van der Waals surface area contributed by atoms with Crippen molar-refractivity contribution < 1.29 is 29.0 Å². The van der Waals surface area contributed by atoms with Gasteiger partial charge in [-0.15, -0.1) is 0 Å². The summed E-state index contributed by atoms with van der Waals surface area (Å²) in [6.07, 6.45) is 10.9. The zero-order valence-electron chi connectivity index (χ0n) is 28.5. The highest BCUT2D eigenvalue weighted by Crippen LogP contribution is 2.76. The molecule has 0 spiro atoms. The Hall–Kier alpha value is -2.63. The molecular weight excluding hydrogens is 564 g/mol. The van der Waals surface area contributed by atoms with Gasteiger partial charge in [0.15, 0.2) is 0 Å². The number of ether oxygens (including phenoxy) is 2. The maximum absolute atomic E-state index is 13.5. The van der Waals surface area contributed by atoms with Crippen LogP contribution in [0.3, 0.4) is 0 Å². The molecule has 246 valence electrons. The second-order valence-corrected chi connectivity index (χ2v) is 17.3. The quantitative estimate of drug-likeness (QED) is 0.262. The van der Waals surface area contributed by atoms with Crippen molar-refractivity contribution in [2.24, 2.45) is 50.2 Å². The van der Waals surface area contributed by atoms with Crippen molar-refractivity contribution in [2.75, 3.05) is 6.61 Å². The maximum Gasteiger partial charge on any atom is 0.338 e. The van der Waals surface area contributed by atoms with E-state index in [1.807, 2.05) is 18.2 Å². The summed E-state index contributed by atoms with van der Waals surface area (Å²) in [7, 11) is 0. The van der Waals surface area contributed by atoms with Gasteiger partial charge in [-0.05, 0) is 110 Å². The van der Waals surface area contributed by atoms with Crippen LogP contribution < -0.4 is 0 Å². The van der Waals surface area contributed by atoms with Crippen molar-refractivity contribution in [2.45, 2.75) is 119 Å². The summed E-state index contributed by atoms with van der Waals surface area (Å²) < 4.78 is 12.3. The topological polar surface area (TPSA) is 89.9 Å². The molecule has 4 fully saturated rings. The number of carbonyl (C=O) groups is 3. The van der Waals surface area contributed by atoms with Crippen LogP contribution in [-0.4, -0.2) is 35.7 Å². The third-order valence-electron chi connectivity index (χ3n) is 14.4. The Morgan fingerprint density at radius 2 is 1.56 bits per heavy atom. The van der Waals surface area contributed by atoms with Gasteiger partial charge in [-0.2, -0.15) is 0 Å². The summed E-state index contributed by atoms with van der Waals surface area (Å²) in [5, 5.41) is 10.8. The molecule has 0 amide bonds. The fourth-order valence-corrected chi connectivity index (χ4v) is 12.0. The van der Waals surface area contributed by atoms with Gasteiger partial charge in [0.2, 0.25) is 0 Å². The molecule has 5 aliphatic rings. The average Bonchev–Trinajstić information content (AvgIpc) is 2.97. The van der Waals surface area contributed by atoms with Gasteiger partial charge in [0.1, 0.15) is 12.7 Å². The van der Waals surface area contributed by atoms with E-state index in [1.54, 1.807) is 12.1 Å². The van der Waals surface area contributed by atoms with E-state index in [-0.39, 0.29) is 52.2 Å². The fourth-order valence-electron chi connectivity index (χ4n) is 12.0. The molecule has 6 nitrogen and oxygen atoms in total. The van der Waals surface area contributed by atoms with Crippen molar-refractivity contribution in [3.05, 3.63) is 47.5 Å². The van der Waals surface area contributed by atoms with Crippen LogP contribution in [0.15, 0.2) is 42.0 Å². The van der Waals surface area contributed by atoms with Crippen LogP contribution in [0.4, 0.5) is 0 Å². The monoisotopic (exact) mass is 618 g/mol. The van der Waals surface area contributed by atoms with Crippen molar-refractivity contribution >= 4 is 17.9 Å². The zero-order valence-corrected chi connectivity index (χ0v) is 28.5. The lowest BCUT2D eigenvalue weighted by atomic mass is 9.33. The second-order valence-electron chi connectivity index (χ2n) is 17.3. The molecule has 0 saturated heterocycles. The minimum Gasteiger partial charge on any atom is -0.481 e. The summed E-state index contributed by atoms with van der Waals surface area (Å²) in [4.78, 5) is 38.8. The minimum atomic E-state index is -0.761. The first-order chi connectivity index (χ1) is 21.0. The van der Waals surface area contributed by atoms with E-state index < -0.39 is 16.8 Å². The van der Waals surface area contributed by atoms with Gasteiger partial charge in [-0.1, -0.05) is 71.4 Å². The molecule has 1 aromatic carbocycles. The summed E-state index contributed by atoms with van der Waals surface area (Å²) >= 11 is 0. The van der Waals surface area contributed by atoms with Gasteiger partial charge in [0, 0.05) is 17.8 Å². The normalized spacial score (nSPS) is 41.2. The van der Waals surface area contributed by atoms with E-state index in [4.69, 9.17) is 9.47 Å². The molecule has 4 unspecified atom stereocenters. The van der Waals surface area contributed by atoms with Crippen LogP contribution in [0.5, 0.6) is 0 Å². The molecule has 1 N–H and O–H groups in total. The molecule has 0 aliphatic heterocycles. The summed E-state index contributed by atoms with van der Waals surface area (Å²) in [5.41, 5.74) is 0.357. The average molecular weight is 619 g/mol. The Morgan fingerprint density at radius 3 is 2.22 bits per heavy atom. The number of fused-ring (bicyclic) bond motifs is 7. The highest BCUT2D eigenvalue weighted by atomic mass is 16.5. The van der Waals surface area contributed by atoms with Gasteiger partial charge in [-0.25, -0.2) is 4.79 Å². The summed E-state index contributed by atoms with van der Waals surface area (Å²) in [6.45, 7) is 15.9. The molecular formula is C39H54O6. The molecule has 6 rings (SSSR count). The highest BCUT2D eigenvalue weighted by molar-refractivity contribution is 5.89. The van der Waals surface area contributed by atoms with Gasteiger partial charge in [0.25, 0.3) is 0 Å². The first-order valence-corrected chi connectivity index (χ1v) is 17.4. The van der Waals surface area contributed by atoms with Crippen LogP contribution in [0.25, 0.3) is 0 Å². The van der Waals surface area contributed by atoms with Crippen LogP contribution in [0.2, 0.25) is 0 Å². The molecule has 5 aliphatic carbocycles. The van der Waals surface area contributed by atoms with E-state index in [0.717, 1.165) is 51.4 Å². The molecule has 0 aromatic heterocycles. The van der Waals surface area contributed by atoms with Crippen LogP contribution in [-0.2, 0) is 19.1 Å². The van der Waals surface area contributed by atoms with Crippen molar-refractivity contribution in [3.63, 3.8) is 0 Å². The first kappa shape index (κ1) is 32.3. The van der Waals surface area contributed by atoms with Crippen molar-refractivity contribution in [1.29, 1.82) is 0 Å². The first-order valence-electron chi connectivity index (χ1n) is 17.4. The Labute approximate surface area is 269 Å². The molecule has 8 atom stereocenters. The molecule has 0 heterocycles. The molecule has 0 radical (unpaired) electrons. The maximum atomic E-state index is 13.5. The van der Waals surface area contributed by atoms with Crippen LogP contribution in [0, 0.1) is 50.2 Å². The van der Waals surface area contributed by atoms with Gasteiger partial charge in [0.05, 0.1) is 11.0 Å². The van der Waals surface area contributed by atoms with E-state index in [0.29, 0.717) is 30.2 Å². The number of carboxylic acids is 1. The molecule has 6 heteroatoms. The number of aliphatic carboxylic acids is 1. The number of allylic oxidation sites excluding steroid dienone is 1. The summed E-state index contributed by atoms with van der Waals surface area (Å²) in [5.74, 6) is -0.516. The lowest BCUT2D eigenvalue weighted by Crippen LogP contribution is -2.67. The molecule has 0 bridgehead atoms. The standard InChI is InChI=1S/C39H54O6/c1-25(40)45-31-16-17-36(6)29(35(31,4)5)15-18-37(7)30(36)14-13-27-28-23-34(2,3)19-20-38(28,33(42)43)21-22-39(27,37)24-44-32(41)26-11-9-8-10-12-26/h8-13,28-31H,14-24H2,1-7H3,(H,42,43)/t28?,29?,30?,31?,36-,37+,38-,39-/m0/s1. The van der Waals surface area contributed by atoms with Crippen LogP contribution in [0.1, 0.15) is 123 Å². The van der Waals surface area contributed by atoms with Gasteiger partial charge >= 0.3 is 17.9 Å². The molecule has 4 saturated carbocycles. The number of rotatable bonds is 5. The number of benzene rings is 1. The Morgan fingerprint density at radius 1 is 0.867 bits per heavy atom. The Balaban J connectivity index is 1.45. The van der Waals surface area contributed by atoms with Crippen LogP contribution >= 0.6 is 0 Å². The van der Waals surface area contributed by atoms with Crippen molar-refractivity contribution in [3.8, 4) is 0 Å². The number of carboxylic acid groups (broad SMARTS) is 1. The second kappa shape index (κ2) is 10.7. The molecule has 1 aromatic rings. The minimum absolute atomic E-state index is 0.0127. The number of hydrogen-bond acceptors (Lipinski definition) is 5. The molecule has 45 heavy (non-hydrogen) atoms. The largest absolute Gasteiger partial charge is 0.481 e. The number of carbonyl (C=O) groups excluding carboxylic acids is 2. The van der Waals surface area contributed by atoms with Crippen molar-refractivity contribution in [1.82, 2.24) is 0 Å². The van der Waals surface area contributed by atoms with E-state index >= 15 is 0 Å². The lowest BCUT2D eigenvalue weighted by molar-refractivity contribution is -0.220. The van der Waals surface area contributed by atoms with Gasteiger partial charge in [-0.3, -0.25) is 9.59 Å². The van der Waals surface area contributed by atoms with E-state index in [9.17, 15) is 19.5 Å². The van der Waals surface area contributed by atoms with E-state index in [1.165, 1.54) is 12.5 Å². The highest BCUT2D eigenvalue weighted by Gasteiger charge is 2.71. The third kappa shape index (κ3) is 4.74. The zero-order chi connectivity index (χ0) is 32.6. The smallest absolute Gasteiger partial charge is 0.338 e. The Kier molecular flexibility index (Phi) is 7.69. The predicted molar refractivity (Wildman–Crippen MR) is 173 cm³/mol.